The molecule has 0 aliphatic carbocycles. The monoisotopic (exact) mass is 272 g/mol. The molecule has 0 bridgehead atoms. The van der Waals surface area contributed by atoms with Crippen LogP contribution in [0.5, 0.6) is 0 Å². The van der Waals surface area contributed by atoms with Gasteiger partial charge >= 0.3 is 5.97 Å². The molecule has 2 rings (SSSR count). The van der Waals surface area contributed by atoms with Gasteiger partial charge in [0.2, 0.25) is 0 Å². The Bertz CT molecular complexity index is 579. The first-order chi connectivity index (χ1) is 8.97. The van der Waals surface area contributed by atoms with Crippen molar-refractivity contribution in [3.05, 3.63) is 48.0 Å². The van der Waals surface area contributed by atoms with E-state index in [4.69, 9.17) is 4.74 Å². The third kappa shape index (κ3) is 3.67. The summed E-state index contributed by atoms with van der Waals surface area (Å²) in [6, 6.07) is 14.6. The Kier molecular flexibility index (Phi) is 4.05. The second-order valence-electron chi connectivity index (χ2n) is 5.97. The maximum Gasteiger partial charge on any atom is 0.338 e. The van der Waals surface area contributed by atoms with Gasteiger partial charge in [0.05, 0.1) is 12.2 Å². The van der Waals surface area contributed by atoms with Gasteiger partial charge in [-0.3, -0.25) is 0 Å². The Labute approximate surface area is 115 Å². The fourth-order valence-electron chi connectivity index (χ4n) is 1.93. The minimum absolute atomic E-state index is 0.213. The first kappa shape index (κ1) is 13.8. The van der Waals surface area contributed by atoms with Crippen molar-refractivity contribution in [1.29, 1.82) is 0 Å². The van der Waals surface area contributed by atoms with E-state index in [9.17, 15) is 4.79 Å². The van der Waals surface area contributed by atoms with Gasteiger partial charge in [-0.1, -0.05) is 56.0 Å². The topological polar surface area (TPSA) is 26.3 Å². The second-order valence-corrected chi connectivity index (χ2v) is 11.6. The quantitative estimate of drug-likeness (QED) is 0.611. The third-order valence-electron chi connectivity index (χ3n) is 3.09. The maximum absolute atomic E-state index is 12.1. The third-order valence-corrected chi connectivity index (χ3v) is 4.80. The summed E-state index contributed by atoms with van der Waals surface area (Å²) in [7, 11) is -1.16. The fraction of sp³-hybridized carbons (Fsp3) is 0.312. The van der Waals surface area contributed by atoms with E-state index in [1.807, 2.05) is 42.5 Å². The number of hydrogen-bond acceptors (Lipinski definition) is 2. The van der Waals surface area contributed by atoms with Crippen molar-refractivity contribution in [3.8, 4) is 0 Å². The van der Waals surface area contributed by atoms with Crippen molar-refractivity contribution in [2.45, 2.75) is 25.7 Å². The van der Waals surface area contributed by atoms with Crippen LogP contribution in [-0.2, 0) is 4.74 Å². The minimum Gasteiger partial charge on any atom is -0.462 e. The van der Waals surface area contributed by atoms with Gasteiger partial charge in [0.1, 0.15) is 0 Å². The van der Waals surface area contributed by atoms with Crippen LogP contribution in [0.15, 0.2) is 42.5 Å². The molecule has 0 aliphatic heterocycles. The molecular formula is C16H20O2Si. The molecule has 100 valence electrons. The second kappa shape index (κ2) is 5.57. The van der Waals surface area contributed by atoms with E-state index in [-0.39, 0.29) is 5.97 Å². The molecule has 0 amide bonds. The van der Waals surface area contributed by atoms with E-state index in [1.54, 1.807) is 0 Å². The smallest absolute Gasteiger partial charge is 0.338 e. The van der Waals surface area contributed by atoms with Crippen LogP contribution in [0.1, 0.15) is 10.4 Å². The SMILES string of the molecule is C[Si](C)(C)CCOC(=O)c1cccc2ccccc12. The van der Waals surface area contributed by atoms with Gasteiger partial charge < -0.3 is 4.74 Å². The highest BCUT2D eigenvalue weighted by Crippen LogP contribution is 2.19. The molecule has 2 nitrogen and oxygen atoms in total. The number of carbonyl (C=O) groups is 1. The van der Waals surface area contributed by atoms with Crippen LogP contribution >= 0.6 is 0 Å². The number of esters is 1. The zero-order valence-corrected chi connectivity index (χ0v) is 12.8. The molecular weight excluding hydrogens is 252 g/mol. The average Bonchev–Trinajstić information content (AvgIpc) is 2.36. The number of benzene rings is 2. The molecule has 0 atom stereocenters. The lowest BCUT2D eigenvalue weighted by Crippen LogP contribution is -2.22. The summed E-state index contributed by atoms with van der Waals surface area (Å²) in [6.45, 7) is 7.36. The Hall–Kier alpha value is -1.61. The normalized spacial score (nSPS) is 11.5. The van der Waals surface area contributed by atoms with Crippen molar-refractivity contribution < 1.29 is 9.53 Å². The van der Waals surface area contributed by atoms with Gasteiger partial charge in [-0.2, -0.15) is 0 Å². The summed E-state index contributed by atoms with van der Waals surface area (Å²) in [5.41, 5.74) is 0.661. The van der Waals surface area contributed by atoms with Crippen LogP contribution < -0.4 is 0 Å². The van der Waals surface area contributed by atoms with Gasteiger partial charge in [0.25, 0.3) is 0 Å². The largest absolute Gasteiger partial charge is 0.462 e. The Morgan fingerprint density at radius 2 is 1.74 bits per heavy atom. The minimum atomic E-state index is -1.16. The standard InChI is InChI=1S/C16H20O2Si/c1-19(2,3)12-11-18-16(17)15-10-6-8-13-7-4-5-9-14(13)15/h4-10H,11-12H2,1-3H3. The van der Waals surface area contributed by atoms with E-state index in [0.29, 0.717) is 12.2 Å². The predicted molar refractivity (Wildman–Crippen MR) is 82.4 cm³/mol. The van der Waals surface area contributed by atoms with Crippen molar-refractivity contribution in [1.82, 2.24) is 0 Å². The molecule has 0 aliphatic rings. The molecule has 0 aromatic heterocycles. The molecule has 0 spiro atoms. The average molecular weight is 272 g/mol. The van der Waals surface area contributed by atoms with Gasteiger partial charge in [-0.05, 0) is 22.9 Å². The molecule has 2 aromatic rings. The number of fused-ring (bicyclic) bond motifs is 1. The lowest BCUT2D eigenvalue weighted by molar-refractivity contribution is 0.0527. The fourth-order valence-corrected chi connectivity index (χ4v) is 2.65. The van der Waals surface area contributed by atoms with Crippen LogP contribution in [0.25, 0.3) is 10.8 Å². The van der Waals surface area contributed by atoms with Gasteiger partial charge in [0, 0.05) is 8.07 Å². The van der Waals surface area contributed by atoms with Crippen LogP contribution in [0, 0.1) is 0 Å². The Morgan fingerprint density at radius 1 is 1.05 bits per heavy atom. The highest BCUT2D eigenvalue weighted by molar-refractivity contribution is 6.76. The van der Waals surface area contributed by atoms with E-state index >= 15 is 0 Å². The lowest BCUT2D eigenvalue weighted by Gasteiger charge is -2.15. The van der Waals surface area contributed by atoms with Crippen molar-refractivity contribution >= 4 is 24.8 Å². The first-order valence-electron chi connectivity index (χ1n) is 6.62. The van der Waals surface area contributed by atoms with E-state index in [2.05, 4.69) is 19.6 Å². The van der Waals surface area contributed by atoms with Gasteiger partial charge in [0.15, 0.2) is 0 Å². The molecule has 19 heavy (non-hydrogen) atoms. The van der Waals surface area contributed by atoms with Crippen molar-refractivity contribution in [3.63, 3.8) is 0 Å². The van der Waals surface area contributed by atoms with Crippen LogP contribution in [0.4, 0.5) is 0 Å². The van der Waals surface area contributed by atoms with Crippen LogP contribution in [-0.4, -0.2) is 20.7 Å². The summed E-state index contributed by atoms with van der Waals surface area (Å²) in [6.07, 6.45) is 0. The molecule has 0 saturated heterocycles. The maximum atomic E-state index is 12.1. The number of hydrogen-bond donors (Lipinski definition) is 0. The summed E-state index contributed by atoms with van der Waals surface area (Å²) in [4.78, 5) is 12.1. The predicted octanol–water partition coefficient (Wildman–Crippen LogP) is 4.33. The molecule has 0 unspecified atom stereocenters. The Balaban J connectivity index is 2.14. The highest BCUT2D eigenvalue weighted by Gasteiger charge is 2.15. The van der Waals surface area contributed by atoms with Crippen molar-refractivity contribution in [2.75, 3.05) is 6.61 Å². The zero-order valence-electron chi connectivity index (χ0n) is 11.8. The van der Waals surface area contributed by atoms with Crippen LogP contribution in [0.2, 0.25) is 25.7 Å². The van der Waals surface area contributed by atoms with Crippen molar-refractivity contribution in [2.24, 2.45) is 0 Å². The molecule has 0 heterocycles. The molecule has 0 N–H and O–H groups in total. The van der Waals surface area contributed by atoms with Gasteiger partial charge in [-0.15, -0.1) is 0 Å². The summed E-state index contributed by atoms with van der Waals surface area (Å²) in [5, 5.41) is 2.03. The molecule has 0 saturated carbocycles. The van der Waals surface area contributed by atoms with Gasteiger partial charge in [-0.25, -0.2) is 4.79 Å². The zero-order chi connectivity index (χ0) is 13.9. The first-order valence-corrected chi connectivity index (χ1v) is 10.3. The molecule has 2 aromatic carbocycles. The Morgan fingerprint density at radius 3 is 2.47 bits per heavy atom. The molecule has 0 fully saturated rings. The summed E-state index contributed by atoms with van der Waals surface area (Å²) < 4.78 is 5.41. The highest BCUT2D eigenvalue weighted by atomic mass is 28.3. The lowest BCUT2D eigenvalue weighted by atomic mass is 10.1. The van der Waals surface area contributed by atoms with E-state index < -0.39 is 8.07 Å². The molecule has 3 heteroatoms. The summed E-state index contributed by atoms with van der Waals surface area (Å²) >= 11 is 0. The number of rotatable bonds is 4. The number of carbonyl (C=O) groups excluding carboxylic acids is 1. The van der Waals surface area contributed by atoms with E-state index in [0.717, 1.165) is 16.8 Å². The van der Waals surface area contributed by atoms with E-state index in [1.165, 1.54) is 0 Å². The summed E-state index contributed by atoms with van der Waals surface area (Å²) in [5.74, 6) is -0.213. The number of ether oxygens (including phenoxy) is 1. The molecule has 0 radical (unpaired) electrons. The van der Waals surface area contributed by atoms with Crippen LogP contribution in [0.3, 0.4) is 0 Å².